The van der Waals surface area contributed by atoms with E-state index in [-0.39, 0.29) is 6.09 Å². The Labute approximate surface area is 130 Å². The van der Waals surface area contributed by atoms with Gasteiger partial charge in [0, 0.05) is 13.1 Å². The Morgan fingerprint density at radius 2 is 1.81 bits per heavy atom. The van der Waals surface area contributed by atoms with Gasteiger partial charge < -0.3 is 15.4 Å². The van der Waals surface area contributed by atoms with Crippen LogP contribution in [0.2, 0.25) is 0 Å². The summed E-state index contributed by atoms with van der Waals surface area (Å²) in [6, 6.07) is 0. The van der Waals surface area contributed by atoms with Crippen LogP contribution in [0.5, 0.6) is 0 Å². The predicted octanol–water partition coefficient (Wildman–Crippen LogP) is 3.64. The van der Waals surface area contributed by atoms with E-state index in [9.17, 15) is 4.79 Å². The van der Waals surface area contributed by atoms with Crippen molar-refractivity contribution in [1.82, 2.24) is 4.90 Å². The van der Waals surface area contributed by atoms with Gasteiger partial charge in [-0.25, -0.2) is 4.79 Å². The molecule has 0 aromatic rings. The molecule has 0 saturated carbocycles. The van der Waals surface area contributed by atoms with Crippen LogP contribution in [-0.4, -0.2) is 36.2 Å². The van der Waals surface area contributed by atoms with Gasteiger partial charge in [0.15, 0.2) is 0 Å². The number of hydrogen-bond acceptors (Lipinski definition) is 3. The molecular formula is C17H34N2O2. The largest absolute Gasteiger partial charge is 0.444 e. The first-order valence-corrected chi connectivity index (χ1v) is 8.41. The molecule has 1 rings (SSSR count). The fraction of sp³-hybridized carbons (Fsp3) is 0.941. The zero-order valence-electron chi connectivity index (χ0n) is 14.5. The molecule has 0 bridgehead atoms. The molecule has 124 valence electrons. The molecule has 4 nitrogen and oxygen atoms in total. The standard InChI is InChI=1S/C17H34N2O2/c1-13(2)12-15-8-11-19(10-7-14(15)6-9-18)16(20)21-17(3,4)5/h13-15H,6-12,18H2,1-5H3. The summed E-state index contributed by atoms with van der Waals surface area (Å²) < 4.78 is 5.51. The minimum Gasteiger partial charge on any atom is -0.444 e. The van der Waals surface area contributed by atoms with Crippen molar-refractivity contribution in [2.75, 3.05) is 19.6 Å². The van der Waals surface area contributed by atoms with E-state index in [1.807, 2.05) is 25.7 Å². The lowest BCUT2D eigenvalue weighted by molar-refractivity contribution is 0.0254. The van der Waals surface area contributed by atoms with E-state index in [1.54, 1.807) is 0 Å². The van der Waals surface area contributed by atoms with E-state index in [4.69, 9.17) is 10.5 Å². The molecule has 0 aromatic carbocycles. The van der Waals surface area contributed by atoms with Crippen molar-refractivity contribution in [1.29, 1.82) is 0 Å². The van der Waals surface area contributed by atoms with Crippen molar-refractivity contribution in [2.45, 2.75) is 65.9 Å². The van der Waals surface area contributed by atoms with Crippen LogP contribution in [-0.2, 0) is 4.74 Å². The number of nitrogens with zero attached hydrogens (tertiary/aromatic N) is 1. The Morgan fingerprint density at radius 1 is 1.24 bits per heavy atom. The topological polar surface area (TPSA) is 55.6 Å². The fourth-order valence-corrected chi connectivity index (χ4v) is 3.25. The molecule has 21 heavy (non-hydrogen) atoms. The zero-order chi connectivity index (χ0) is 16.0. The van der Waals surface area contributed by atoms with Gasteiger partial charge in [-0.3, -0.25) is 0 Å². The van der Waals surface area contributed by atoms with Gasteiger partial charge in [-0.1, -0.05) is 13.8 Å². The Bertz CT molecular complexity index is 323. The Kier molecular flexibility index (Phi) is 6.98. The molecule has 1 aliphatic heterocycles. The van der Waals surface area contributed by atoms with E-state index in [1.165, 1.54) is 6.42 Å². The van der Waals surface area contributed by atoms with Gasteiger partial charge in [-0.15, -0.1) is 0 Å². The van der Waals surface area contributed by atoms with E-state index < -0.39 is 5.60 Å². The van der Waals surface area contributed by atoms with E-state index in [0.717, 1.165) is 38.9 Å². The second kappa shape index (κ2) is 8.02. The second-order valence-electron chi connectivity index (χ2n) is 7.77. The van der Waals surface area contributed by atoms with Crippen molar-refractivity contribution in [3.05, 3.63) is 0 Å². The highest BCUT2D eigenvalue weighted by molar-refractivity contribution is 5.68. The first kappa shape index (κ1) is 18.3. The van der Waals surface area contributed by atoms with Gasteiger partial charge in [0.05, 0.1) is 0 Å². The molecule has 1 aliphatic rings. The summed E-state index contributed by atoms with van der Waals surface area (Å²) in [5.41, 5.74) is 5.36. The van der Waals surface area contributed by atoms with Gasteiger partial charge in [0.1, 0.15) is 5.60 Å². The third-order valence-electron chi connectivity index (χ3n) is 4.17. The number of carbonyl (C=O) groups is 1. The van der Waals surface area contributed by atoms with Crippen LogP contribution < -0.4 is 5.73 Å². The molecule has 1 fully saturated rings. The van der Waals surface area contributed by atoms with E-state index in [2.05, 4.69) is 13.8 Å². The summed E-state index contributed by atoms with van der Waals surface area (Å²) in [5.74, 6) is 2.02. The highest BCUT2D eigenvalue weighted by Gasteiger charge is 2.30. The van der Waals surface area contributed by atoms with Crippen LogP contribution in [0.1, 0.15) is 60.3 Å². The predicted molar refractivity (Wildman–Crippen MR) is 87.1 cm³/mol. The minimum absolute atomic E-state index is 0.167. The number of likely N-dealkylation sites (tertiary alicyclic amines) is 1. The van der Waals surface area contributed by atoms with Crippen LogP contribution in [0.25, 0.3) is 0 Å². The smallest absolute Gasteiger partial charge is 0.410 e. The highest BCUT2D eigenvalue weighted by Crippen LogP contribution is 2.32. The van der Waals surface area contributed by atoms with Crippen molar-refractivity contribution < 1.29 is 9.53 Å². The average molecular weight is 298 g/mol. The minimum atomic E-state index is -0.419. The second-order valence-corrected chi connectivity index (χ2v) is 7.77. The van der Waals surface area contributed by atoms with Crippen LogP contribution in [0.4, 0.5) is 4.79 Å². The van der Waals surface area contributed by atoms with E-state index in [0.29, 0.717) is 17.8 Å². The molecule has 1 saturated heterocycles. The maximum Gasteiger partial charge on any atom is 0.410 e. The van der Waals surface area contributed by atoms with E-state index >= 15 is 0 Å². The molecule has 2 unspecified atom stereocenters. The number of rotatable bonds is 4. The molecule has 0 spiro atoms. The monoisotopic (exact) mass is 298 g/mol. The summed E-state index contributed by atoms with van der Waals surface area (Å²) >= 11 is 0. The van der Waals surface area contributed by atoms with Crippen molar-refractivity contribution in [3.63, 3.8) is 0 Å². The summed E-state index contributed by atoms with van der Waals surface area (Å²) in [7, 11) is 0. The molecule has 1 amide bonds. The van der Waals surface area contributed by atoms with Gasteiger partial charge in [-0.2, -0.15) is 0 Å². The average Bonchev–Trinajstić information content (AvgIpc) is 2.51. The van der Waals surface area contributed by atoms with Crippen LogP contribution in [0.3, 0.4) is 0 Å². The molecule has 0 aliphatic carbocycles. The Balaban J connectivity index is 2.65. The number of carbonyl (C=O) groups excluding carboxylic acids is 1. The summed E-state index contributed by atoms with van der Waals surface area (Å²) in [5, 5.41) is 0. The van der Waals surface area contributed by atoms with Crippen molar-refractivity contribution in [2.24, 2.45) is 23.5 Å². The molecule has 0 aromatic heterocycles. The van der Waals surface area contributed by atoms with Gasteiger partial charge in [0.25, 0.3) is 0 Å². The third-order valence-corrected chi connectivity index (χ3v) is 4.17. The number of hydrogen-bond donors (Lipinski definition) is 1. The Morgan fingerprint density at radius 3 is 2.29 bits per heavy atom. The number of amides is 1. The zero-order valence-corrected chi connectivity index (χ0v) is 14.5. The molecule has 2 atom stereocenters. The summed E-state index contributed by atoms with van der Waals surface area (Å²) in [6.07, 6.45) is 4.25. The summed E-state index contributed by atoms with van der Waals surface area (Å²) in [4.78, 5) is 14.1. The third kappa shape index (κ3) is 6.68. The molecule has 2 N–H and O–H groups in total. The normalized spacial score (nSPS) is 24.0. The van der Waals surface area contributed by atoms with Gasteiger partial charge in [-0.05, 0) is 70.8 Å². The molecular weight excluding hydrogens is 264 g/mol. The quantitative estimate of drug-likeness (QED) is 0.862. The number of ether oxygens (including phenoxy) is 1. The van der Waals surface area contributed by atoms with Crippen LogP contribution in [0.15, 0.2) is 0 Å². The molecule has 4 heteroatoms. The summed E-state index contributed by atoms with van der Waals surface area (Å²) in [6.45, 7) is 12.7. The lowest BCUT2D eigenvalue weighted by Crippen LogP contribution is -2.37. The van der Waals surface area contributed by atoms with Gasteiger partial charge in [0.2, 0.25) is 0 Å². The lowest BCUT2D eigenvalue weighted by atomic mass is 9.80. The number of nitrogens with two attached hydrogens (primary N) is 1. The SMILES string of the molecule is CC(C)CC1CCN(C(=O)OC(C)(C)C)CCC1CCN. The van der Waals surface area contributed by atoms with Crippen LogP contribution in [0, 0.1) is 17.8 Å². The fourth-order valence-electron chi connectivity index (χ4n) is 3.25. The lowest BCUT2D eigenvalue weighted by Gasteiger charge is -2.26. The maximum absolute atomic E-state index is 12.2. The first-order chi connectivity index (χ1) is 9.73. The maximum atomic E-state index is 12.2. The Hall–Kier alpha value is -0.770. The highest BCUT2D eigenvalue weighted by atomic mass is 16.6. The molecule has 1 heterocycles. The van der Waals surface area contributed by atoms with Crippen molar-refractivity contribution >= 4 is 6.09 Å². The molecule has 0 radical (unpaired) electrons. The first-order valence-electron chi connectivity index (χ1n) is 8.41. The van der Waals surface area contributed by atoms with Crippen LogP contribution >= 0.6 is 0 Å². The van der Waals surface area contributed by atoms with Gasteiger partial charge >= 0.3 is 6.09 Å². The van der Waals surface area contributed by atoms with Crippen molar-refractivity contribution in [3.8, 4) is 0 Å².